The number of fused-ring (bicyclic) bond motifs is 4. The molecule has 7 aromatic rings. The summed E-state index contributed by atoms with van der Waals surface area (Å²) in [6.45, 7) is 25.7. The lowest BCUT2D eigenvalue weighted by Crippen LogP contribution is -2.16. The van der Waals surface area contributed by atoms with E-state index in [0.29, 0.717) is 11.8 Å². The van der Waals surface area contributed by atoms with Gasteiger partial charge < -0.3 is 0 Å². The van der Waals surface area contributed by atoms with Crippen molar-refractivity contribution in [3.05, 3.63) is 238 Å². The molecule has 0 amide bonds. The van der Waals surface area contributed by atoms with Crippen molar-refractivity contribution in [3.63, 3.8) is 0 Å². The molecule has 1 heterocycles. The first-order valence-electron chi connectivity index (χ1n) is 22.2. The number of allylic oxidation sites excluding steroid dienone is 9. The maximum Gasteiger partial charge on any atom is 0.0345 e. The second kappa shape index (κ2) is 20.7. The molecule has 6 aromatic carbocycles. The van der Waals surface area contributed by atoms with Gasteiger partial charge in [-0.2, -0.15) is 0 Å². The second-order valence-corrected chi connectivity index (χ2v) is 17.9. The number of rotatable bonds is 6. The molecule has 314 valence electrons. The molecule has 2 unspecified atom stereocenters. The van der Waals surface area contributed by atoms with Gasteiger partial charge in [0, 0.05) is 16.0 Å². The lowest BCUT2D eigenvalue weighted by molar-refractivity contribution is 0.628. The lowest BCUT2D eigenvalue weighted by atomic mass is 9.77. The highest BCUT2D eigenvalue weighted by Gasteiger charge is 2.36. The number of benzene rings is 6. The zero-order chi connectivity index (χ0) is 44.4. The zero-order valence-corrected chi connectivity index (χ0v) is 39.4. The molecule has 9 rings (SSSR count). The van der Waals surface area contributed by atoms with Crippen LogP contribution in [0, 0.1) is 33.6 Å². The summed E-state index contributed by atoms with van der Waals surface area (Å²) in [6.07, 6.45) is 15.1. The van der Waals surface area contributed by atoms with Crippen molar-refractivity contribution in [1.82, 2.24) is 0 Å². The molecule has 0 N–H and O–H groups in total. The first-order valence-corrected chi connectivity index (χ1v) is 23.1. The van der Waals surface area contributed by atoms with Gasteiger partial charge in [0.25, 0.3) is 0 Å². The fraction of sp³-hybridized carbons (Fsp3) is 0.213. The van der Waals surface area contributed by atoms with E-state index >= 15 is 0 Å². The van der Waals surface area contributed by atoms with Gasteiger partial charge in [0.15, 0.2) is 0 Å². The van der Waals surface area contributed by atoms with Crippen molar-refractivity contribution in [3.8, 4) is 22.3 Å². The highest BCUT2D eigenvalue weighted by Crippen LogP contribution is 2.50. The van der Waals surface area contributed by atoms with Crippen LogP contribution in [0.2, 0.25) is 0 Å². The third-order valence-corrected chi connectivity index (χ3v) is 13.0. The van der Waals surface area contributed by atoms with Crippen LogP contribution in [0.25, 0.3) is 43.5 Å². The normalized spacial score (nSPS) is 15.7. The van der Waals surface area contributed by atoms with Crippen LogP contribution in [0.3, 0.4) is 0 Å². The van der Waals surface area contributed by atoms with Crippen LogP contribution in [0.5, 0.6) is 0 Å². The molecule has 1 aromatic heterocycles. The third-order valence-electron chi connectivity index (χ3n) is 12.1. The Kier molecular flexibility index (Phi) is 15.2. The van der Waals surface area contributed by atoms with E-state index in [1.807, 2.05) is 56.4 Å². The molecular formula is C61H64S. The Labute approximate surface area is 377 Å². The third kappa shape index (κ3) is 10.4. The number of hydrogen-bond donors (Lipinski definition) is 0. The van der Waals surface area contributed by atoms with E-state index < -0.39 is 0 Å². The largest absolute Gasteiger partial charge is 0.144 e. The predicted molar refractivity (Wildman–Crippen MR) is 276 cm³/mol. The summed E-state index contributed by atoms with van der Waals surface area (Å²) in [5.74, 6) is 0.899. The molecule has 0 nitrogen and oxygen atoms in total. The summed E-state index contributed by atoms with van der Waals surface area (Å²) in [5.41, 5.74) is 20.1. The van der Waals surface area contributed by atoms with Crippen LogP contribution < -0.4 is 0 Å². The summed E-state index contributed by atoms with van der Waals surface area (Å²) in [5, 5.41) is 3.50. The van der Waals surface area contributed by atoms with Crippen molar-refractivity contribution in [2.75, 3.05) is 0 Å². The average Bonchev–Trinajstić information content (AvgIpc) is 3.83. The highest BCUT2D eigenvalue weighted by atomic mass is 32.1. The summed E-state index contributed by atoms with van der Waals surface area (Å²) in [6, 6.07) is 48.6. The molecule has 2 aliphatic carbocycles. The van der Waals surface area contributed by atoms with Crippen LogP contribution in [0.15, 0.2) is 188 Å². The summed E-state index contributed by atoms with van der Waals surface area (Å²) in [7, 11) is 0. The molecule has 0 fully saturated rings. The van der Waals surface area contributed by atoms with Crippen molar-refractivity contribution < 1.29 is 0 Å². The molecule has 2 atom stereocenters. The molecule has 62 heavy (non-hydrogen) atoms. The van der Waals surface area contributed by atoms with E-state index in [1.165, 1.54) is 88.0 Å². The quantitative estimate of drug-likeness (QED) is 0.147. The van der Waals surface area contributed by atoms with Gasteiger partial charge in [-0.3, -0.25) is 0 Å². The van der Waals surface area contributed by atoms with Crippen molar-refractivity contribution in [2.45, 2.75) is 80.6 Å². The Balaban J connectivity index is 0.000000166. The van der Waals surface area contributed by atoms with Gasteiger partial charge in [0.1, 0.15) is 0 Å². The van der Waals surface area contributed by atoms with E-state index in [0.717, 1.165) is 5.57 Å². The minimum absolute atomic E-state index is 0.0480. The Morgan fingerprint density at radius 2 is 1.31 bits per heavy atom. The maximum absolute atomic E-state index is 4.01. The SMILES string of the molecule is C=C(/C=C\C=C/C)c1ccc(C)cc1.CC.Cc1ccc2c(c1)C(C)(C)c1cc(C3C=C(c4ccccc4)C=CC3C)ccc1-2.Cc1ccccc1-c1cc2ccsc2cc1C. The molecule has 0 saturated heterocycles. The Morgan fingerprint density at radius 1 is 0.645 bits per heavy atom. The van der Waals surface area contributed by atoms with E-state index in [9.17, 15) is 0 Å². The summed E-state index contributed by atoms with van der Waals surface area (Å²) in [4.78, 5) is 0. The molecule has 0 radical (unpaired) electrons. The van der Waals surface area contributed by atoms with Gasteiger partial charge in [-0.15, -0.1) is 11.3 Å². The monoisotopic (exact) mass is 828 g/mol. The first-order chi connectivity index (χ1) is 29.9. The minimum Gasteiger partial charge on any atom is -0.144 e. The fourth-order valence-corrected chi connectivity index (χ4v) is 9.37. The van der Waals surface area contributed by atoms with Crippen LogP contribution >= 0.6 is 11.3 Å². The summed E-state index contributed by atoms with van der Waals surface area (Å²) >= 11 is 1.81. The second-order valence-electron chi connectivity index (χ2n) is 16.9. The number of hydrogen-bond acceptors (Lipinski definition) is 1. The van der Waals surface area contributed by atoms with Gasteiger partial charge in [-0.05, 0) is 142 Å². The van der Waals surface area contributed by atoms with Gasteiger partial charge in [0.2, 0.25) is 0 Å². The number of aryl methyl sites for hydroxylation is 4. The molecule has 0 bridgehead atoms. The van der Waals surface area contributed by atoms with Crippen LogP contribution in [-0.4, -0.2) is 0 Å². The van der Waals surface area contributed by atoms with Gasteiger partial charge in [-0.1, -0.05) is 210 Å². The molecule has 0 spiro atoms. The first kappa shape index (κ1) is 45.5. The smallest absolute Gasteiger partial charge is 0.0345 e. The van der Waals surface area contributed by atoms with Crippen molar-refractivity contribution >= 4 is 32.6 Å². The average molecular weight is 829 g/mol. The van der Waals surface area contributed by atoms with Crippen molar-refractivity contribution in [1.29, 1.82) is 0 Å². The molecule has 0 saturated carbocycles. The molecule has 1 heteroatoms. The Morgan fingerprint density at radius 3 is 2.02 bits per heavy atom. The molecule has 0 aliphatic heterocycles. The summed E-state index contributed by atoms with van der Waals surface area (Å²) < 4.78 is 1.37. The fourth-order valence-electron chi connectivity index (χ4n) is 8.50. The Hall–Kier alpha value is -6.02. The van der Waals surface area contributed by atoms with Crippen LogP contribution in [0.4, 0.5) is 0 Å². The van der Waals surface area contributed by atoms with E-state index in [2.05, 4.69) is 212 Å². The van der Waals surface area contributed by atoms with E-state index in [1.54, 1.807) is 0 Å². The molecule has 2 aliphatic rings. The topological polar surface area (TPSA) is 0 Å². The standard InChI is InChI=1S/C29H28.C16H14S.C14H16.C2H6/c1-19-10-14-24-25-15-13-23(18-28(25)29(3,4)27(24)16-19)26-17-22(12-11-20(26)2)21-8-6-5-7-9-21;1-11-5-3-4-6-14(11)15-10-13-7-8-17-16(13)9-12(15)2;1-4-5-6-7-13(3)14-10-8-12(2)9-11-14;1-2/h5-18,20,26H,1-4H3;3-10H,1-2H3;4-11H,3H2,1-2H3;1-2H3/b;;5-4-,7-6-;. The van der Waals surface area contributed by atoms with Crippen LogP contribution in [-0.2, 0) is 5.41 Å². The maximum atomic E-state index is 4.01. The van der Waals surface area contributed by atoms with Gasteiger partial charge in [0.05, 0.1) is 0 Å². The Bertz CT molecular complexity index is 2740. The minimum atomic E-state index is 0.0480. The lowest BCUT2D eigenvalue weighted by Gasteiger charge is -2.27. The molecular weight excluding hydrogens is 765 g/mol. The van der Waals surface area contributed by atoms with E-state index in [-0.39, 0.29) is 5.41 Å². The van der Waals surface area contributed by atoms with Crippen molar-refractivity contribution in [2.24, 2.45) is 5.92 Å². The zero-order valence-electron chi connectivity index (χ0n) is 38.6. The van der Waals surface area contributed by atoms with Gasteiger partial charge >= 0.3 is 0 Å². The highest BCUT2D eigenvalue weighted by molar-refractivity contribution is 7.17. The number of thiophene rings is 1. The van der Waals surface area contributed by atoms with Crippen LogP contribution in [0.1, 0.15) is 97.5 Å². The predicted octanol–water partition coefficient (Wildman–Crippen LogP) is 18.0. The van der Waals surface area contributed by atoms with E-state index in [4.69, 9.17) is 0 Å². The van der Waals surface area contributed by atoms with Gasteiger partial charge in [-0.25, -0.2) is 0 Å².